The summed E-state index contributed by atoms with van der Waals surface area (Å²) in [4.78, 5) is 31.2. The van der Waals surface area contributed by atoms with Gasteiger partial charge in [-0.2, -0.15) is 0 Å². The monoisotopic (exact) mass is 359 g/mol. The number of aromatic nitrogens is 1. The highest BCUT2D eigenvalue weighted by atomic mass is 35.5. The minimum atomic E-state index is -1.64. The number of rotatable bonds is 4. The lowest BCUT2D eigenvalue weighted by atomic mass is 10.0. The van der Waals surface area contributed by atoms with Crippen LogP contribution in [0.5, 0.6) is 5.75 Å². The summed E-state index contributed by atoms with van der Waals surface area (Å²) in [5.41, 5.74) is -0.249. The first kappa shape index (κ1) is 17.2. The lowest BCUT2D eigenvalue weighted by Gasteiger charge is -2.36. The number of nitrogens with one attached hydrogen (secondary N) is 1. The van der Waals surface area contributed by atoms with E-state index >= 15 is 0 Å². The van der Waals surface area contributed by atoms with E-state index in [1.165, 1.54) is 6.92 Å². The van der Waals surface area contributed by atoms with Gasteiger partial charge in [0.05, 0.1) is 5.69 Å². The molecule has 0 aliphatic carbocycles. The van der Waals surface area contributed by atoms with E-state index in [4.69, 9.17) is 16.3 Å². The molecule has 2 heterocycles. The maximum Gasteiger partial charge on any atom is 0.278 e. The number of halogens is 1. The Morgan fingerprint density at radius 1 is 1.32 bits per heavy atom. The average Bonchev–Trinajstić information content (AvgIpc) is 2.61. The first-order valence-electron chi connectivity index (χ1n) is 7.92. The molecule has 1 atom stereocenters. The van der Waals surface area contributed by atoms with Crippen molar-refractivity contribution in [1.29, 1.82) is 0 Å². The summed E-state index contributed by atoms with van der Waals surface area (Å²) in [5.74, 6) is -0.495. The fraction of sp³-hybridized carbons (Fsp3) is 0.278. The Labute approximate surface area is 150 Å². The first-order valence-corrected chi connectivity index (χ1v) is 8.30. The molecule has 1 aliphatic heterocycles. The Balaban J connectivity index is 1.86. The van der Waals surface area contributed by atoms with Crippen LogP contribution < -0.4 is 10.1 Å². The van der Waals surface area contributed by atoms with Crippen LogP contribution in [-0.2, 0) is 16.1 Å². The highest BCUT2D eigenvalue weighted by Crippen LogP contribution is 2.36. The number of likely N-dealkylation sites (N-methyl/N-ethyl adjacent to an activating group) is 1. The lowest BCUT2D eigenvalue weighted by Crippen LogP contribution is -2.59. The van der Waals surface area contributed by atoms with Crippen LogP contribution in [0.2, 0.25) is 5.02 Å². The molecule has 0 fully saturated rings. The summed E-state index contributed by atoms with van der Waals surface area (Å²) in [7, 11) is 0. The van der Waals surface area contributed by atoms with Crippen LogP contribution in [0, 0.1) is 0 Å². The van der Waals surface area contributed by atoms with Gasteiger partial charge < -0.3 is 15.0 Å². The second-order valence-corrected chi connectivity index (χ2v) is 6.34. The van der Waals surface area contributed by atoms with Crippen molar-refractivity contribution >= 4 is 29.1 Å². The van der Waals surface area contributed by atoms with Gasteiger partial charge in [-0.1, -0.05) is 11.6 Å². The van der Waals surface area contributed by atoms with Crippen molar-refractivity contribution < 1.29 is 14.3 Å². The maximum atomic E-state index is 13.0. The Bertz CT molecular complexity index is 812. The molecule has 1 aromatic carbocycles. The normalized spacial score (nSPS) is 18.8. The van der Waals surface area contributed by atoms with Gasteiger partial charge in [0.2, 0.25) is 0 Å². The molecule has 3 rings (SSSR count). The number of amides is 2. The highest BCUT2D eigenvalue weighted by molar-refractivity contribution is 6.31. The molecule has 6 nitrogen and oxygen atoms in total. The molecule has 2 amide bonds. The lowest BCUT2D eigenvalue weighted by molar-refractivity contribution is -0.154. The summed E-state index contributed by atoms with van der Waals surface area (Å²) in [6.45, 7) is 4.16. The van der Waals surface area contributed by atoms with Crippen LogP contribution in [0.4, 0.5) is 5.69 Å². The molecule has 0 saturated carbocycles. The van der Waals surface area contributed by atoms with Crippen molar-refractivity contribution in [2.75, 3.05) is 11.9 Å². The van der Waals surface area contributed by atoms with Gasteiger partial charge in [0.15, 0.2) is 0 Å². The standard InChI is InChI=1S/C18H18ClN3O3/c1-3-22(11-12-6-8-20-9-7-12)17(24)18(2)16(23)21-14-10-13(19)4-5-15(14)25-18/h4-10H,3,11H2,1-2H3,(H,21,23). The topological polar surface area (TPSA) is 71.5 Å². The number of fused-ring (bicyclic) bond motifs is 1. The Morgan fingerprint density at radius 2 is 2.04 bits per heavy atom. The number of pyridine rings is 1. The number of ether oxygens (including phenoxy) is 1. The van der Waals surface area contributed by atoms with Crippen LogP contribution >= 0.6 is 11.6 Å². The quantitative estimate of drug-likeness (QED) is 0.852. The number of carbonyl (C=O) groups is 2. The zero-order valence-electron chi connectivity index (χ0n) is 14.0. The van der Waals surface area contributed by atoms with Gasteiger partial charge in [-0.05, 0) is 49.7 Å². The van der Waals surface area contributed by atoms with Gasteiger partial charge in [-0.15, -0.1) is 0 Å². The molecule has 25 heavy (non-hydrogen) atoms. The molecule has 7 heteroatoms. The number of anilines is 1. The van der Waals surface area contributed by atoms with Crippen molar-refractivity contribution in [3.63, 3.8) is 0 Å². The van der Waals surface area contributed by atoms with E-state index in [0.29, 0.717) is 29.5 Å². The summed E-state index contributed by atoms with van der Waals surface area (Å²) in [6, 6.07) is 8.54. The van der Waals surface area contributed by atoms with Crippen molar-refractivity contribution in [2.24, 2.45) is 0 Å². The number of hydrogen-bond donors (Lipinski definition) is 1. The molecule has 0 saturated heterocycles. The molecule has 1 aromatic heterocycles. The van der Waals surface area contributed by atoms with Crippen molar-refractivity contribution in [2.45, 2.75) is 26.0 Å². The van der Waals surface area contributed by atoms with Gasteiger partial charge in [-0.3, -0.25) is 14.6 Å². The van der Waals surface area contributed by atoms with E-state index in [1.54, 1.807) is 35.5 Å². The predicted octanol–water partition coefficient (Wildman–Crippen LogP) is 2.87. The zero-order chi connectivity index (χ0) is 18.0. The van der Waals surface area contributed by atoms with E-state index < -0.39 is 17.4 Å². The minimum absolute atomic E-state index is 0.373. The van der Waals surface area contributed by atoms with Gasteiger partial charge in [0.1, 0.15) is 5.75 Å². The third-order valence-corrected chi connectivity index (χ3v) is 4.37. The zero-order valence-corrected chi connectivity index (χ0v) is 14.7. The minimum Gasteiger partial charge on any atom is -0.466 e. The van der Waals surface area contributed by atoms with Crippen molar-refractivity contribution in [3.05, 3.63) is 53.3 Å². The van der Waals surface area contributed by atoms with E-state index in [-0.39, 0.29) is 0 Å². The van der Waals surface area contributed by atoms with E-state index in [9.17, 15) is 9.59 Å². The van der Waals surface area contributed by atoms with Crippen LogP contribution in [0.15, 0.2) is 42.7 Å². The molecule has 0 spiro atoms. The summed E-state index contributed by atoms with van der Waals surface area (Å²) in [5, 5.41) is 3.19. The largest absolute Gasteiger partial charge is 0.466 e. The molecule has 130 valence electrons. The molecule has 1 unspecified atom stereocenters. The fourth-order valence-electron chi connectivity index (χ4n) is 2.68. The third-order valence-electron chi connectivity index (χ3n) is 4.14. The fourth-order valence-corrected chi connectivity index (χ4v) is 2.85. The van der Waals surface area contributed by atoms with Gasteiger partial charge in [0.25, 0.3) is 17.4 Å². The van der Waals surface area contributed by atoms with Crippen LogP contribution in [-0.4, -0.2) is 33.8 Å². The molecule has 0 bridgehead atoms. The predicted molar refractivity (Wildman–Crippen MR) is 94.4 cm³/mol. The first-order chi connectivity index (χ1) is 11.9. The van der Waals surface area contributed by atoms with Gasteiger partial charge in [-0.25, -0.2) is 0 Å². The van der Waals surface area contributed by atoms with Crippen molar-refractivity contribution in [1.82, 2.24) is 9.88 Å². The average molecular weight is 360 g/mol. The molecule has 1 N–H and O–H groups in total. The summed E-state index contributed by atoms with van der Waals surface area (Å²) in [6.07, 6.45) is 3.33. The molecule has 1 aliphatic rings. The smallest absolute Gasteiger partial charge is 0.278 e. The van der Waals surface area contributed by atoms with Gasteiger partial charge in [0, 0.05) is 30.5 Å². The number of benzene rings is 1. The molecular formula is C18H18ClN3O3. The number of nitrogens with zero attached hydrogens (tertiary/aromatic N) is 2. The van der Waals surface area contributed by atoms with Crippen LogP contribution in [0.3, 0.4) is 0 Å². The summed E-state index contributed by atoms with van der Waals surface area (Å²) < 4.78 is 5.79. The van der Waals surface area contributed by atoms with Gasteiger partial charge >= 0.3 is 0 Å². The third kappa shape index (κ3) is 3.30. The summed E-state index contributed by atoms with van der Waals surface area (Å²) >= 11 is 5.93. The Morgan fingerprint density at radius 3 is 2.72 bits per heavy atom. The SMILES string of the molecule is CCN(Cc1ccncc1)C(=O)C1(C)Oc2ccc(Cl)cc2NC1=O. The second-order valence-electron chi connectivity index (χ2n) is 5.90. The molecule has 0 radical (unpaired) electrons. The maximum absolute atomic E-state index is 13.0. The molecule has 2 aromatic rings. The van der Waals surface area contributed by atoms with Crippen molar-refractivity contribution in [3.8, 4) is 5.75 Å². The van der Waals surface area contributed by atoms with E-state index in [1.807, 2.05) is 19.1 Å². The number of hydrogen-bond acceptors (Lipinski definition) is 4. The number of carbonyl (C=O) groups excluding carboxylic acids is 2. The Hall–Kier alpha value is -2.60. The van der Waals surface area contributed by atoms with Crippen LogP contribution in [0.25, 0.3) is 0 Å². The highest BCUT2D eigenvalue weighted by Gasteiger charge is 2.49. The molecular weight excluding hydrogens is 342 g/mol. The van der Waals surface area contributed by atoms with Crippen LogP contribution in [0.1, 0.15) is 19.4 Å². The second kappa shape index (κ2) is 6.72. The van der Waals surface area contributed by atoms with E-state index in [0.717, 1.165) is 5.56 Å². The Kier molecular flexibility index (Phi) is 4.63. The van der Waals surface area contributed by atoms with E-state index in [2.05, 4.69) is 10.3 Å².